The Labute approximate surface area is 474 Å². The number of rotatable bonds is 11. The van der Waals surface area contributed by atoms with Gasteiger partial charge in [-0.3, -0.25) is 13.4 Å². The molecular weight excluding hydrogens is 1030 g/mol. The molecule has 16 aromatic rings. The van der Waals surface area contributed by atoms with E-state index in [-0.39, 0.29) is 0 Å². The molecule has 0 fully saturated rings. The molecular formula is C72H50N8Si2. The van der Waals surface area contributed by atoms with Crippen molar-refractivity contribution in [2.24, 2.45) is 0 Å². The largest absolute Gasteiger partial charge is 0.276 e. The average Bonchev–Trinajstić information content (AvgIpc) is 4.37. The van der Waals surface area contributed by atoms with E-state index in [1.807, 2.05) is 6.07 Å². The van der Waals surface area contributed by atoms with E-state index in [9.17, 15) is 0 Å². The van der Waals surface area contributed by atoms with Crippen LogP contribution in [-0.4, -0.2) is 54.0 Å². The molecule has 0 unspecified atom stereocenters. The standard InChI is InChI=1S/C72H50N8Si2/c1-7-27-52(28-8-1)81(53-29-9-2-10-30-53,54-31-11-3-12-32-54)58-47-51(48-59(49-58)82(55-33-13-4-14-34-55,56-35-15-5-16-36-56)57-37-17-6-18-38-57)62-50-69(79-67-45-25-23-43-65(67)77-63-41-21-19-39-60(63)74-71(77)79)76-70(73-62)80-68-46-26-24-44-66(68)78-64-42-22-20-40-61(64)75-72(78)80/h1-50H. The lowest BCUT2D eigenvalue weighted by Gasteiger charge is -2.38. The summed E-state index contributed by atoms with van der Waals surface area (Å²) < 4.78 is 8.86. The molecule has 0 spiro atoms. The van der Waals surface area contributed by atoms with Crippen molar-refractivity contribution < 1.29 is 0 Å². The van der Waals surface area contributed by atoms with E-state index in [2.05, 4.69) is 315 Å². The van der Waals surface area contributed by atoms with E-state index >= 15 is 0 Å². The summed E-state index contributed by atoms with van der Waals surface area (Å²) in [6, 6.07) is 111. The van der Waals surface area contributed by atoms with Gasteiger partial charge < -0.3 is 0 Å². The van der Waals surface area contributed by atoms with Crippen molar-refractivity contribution in [1.82, 2.24) is 37.9 Å². The van der Waals surface area contributed by atoms with E-state index in [4.69, 9.17) is 19.9 Å². The molecule has 11 aromatic carbocycles. The van der Waals surface area contributed by atoms with Crippen molar-refractivity contribution in [2.45, 2.75) is 0 Å². The van der Waals surface area contributed by atoms with Crippen molar-refractivity contribution in [2.75, 3.05) is 0 Å². The van der Waals surface area contributed by atoms with Crippen LogP contribution in [0.5, 0.6) is 0 Å². The molecule has 0 bridgehead atoms. The normalized spacial score (nSPS) is 12.1. The van der Waals surface area contributed by atoms with Crippen LogP contribution >= 0.6 is 0 Å². The van der Waals surface area contributed by atoms with Gasteiger partial charge in [-0.05, 0) is 90.0 Å². The molecule has 82 heavy (non-hydrogen) atoms. The molecule has 386 valence electrons. The first-order valence-electron chi connectivity index (χ1n) is 27.8. The van der Waals surface area contributed by atoms with Crippen LogP contribution < -0.4 is 41.5 Å². The predicted octanol–water partition coefficient (Wildman–Crippen LogP) is 10.4. The summed E-state index contributed by atoms with van der Waals surface area (Å²) in [6.07, 6.45) is 0. The summed E-state index contributed by atoms with van der Waals surface area (Å²) in [4.78, 5) is 22.4. The minimum atomic E-state index is -3.25. The first kappa shape index (κ1) is 47.5. The third-order valence-corrected chi connectivity index (χ3v) is 26.2. The molecule has 0 saturated heterocycles. The molecule has 0 radical (unpaired) electrons. The van der Waals surface area contributed by atoms with E-state index in [1.165, 1.54) is 41.5 Å². The van der Waals surface area contributed by atoms with Gasteiger partial charge in [0, 0.05) is 11.6 Å². The smallest absolute Gasteiger partial charge is 0.239 e. The lowest BCUT2D eigenvalue weighted by Crippen LogP contribution is -2.78. The van der Waals surface area contributed by atoms with Crippen LogP contribution in [0.2, 0.25) is 0 Å². The van der Waals surface area contributed by atoms with Gasteiger partial charge in [0.15, 0.2) is 16.1 Å². The van der Waals surface area contributed by atoms with Crippen molar-refractivity contribution in [3.8, 4) is 23.0 Å². The van der Waals surface area contributed by atoms with Crippen molar-refractivity contribution >= 4 is 113 Å². The van der Waals surface area contributed by atoms with Gasteiger partial charge in [-0.25, -0.2) is 19.5 Å². The highest BCUT2D eigenvalue weighted by Crippen LogP contribution is 2.33. The Balaban J connectivity index is 1.10. The highest BCUT2D eigenvalue weighted by Gasteiger charge is 2.46. The second kappa shape index (κ2) is 19.1. The molecule has 0 aliphatic rings. The number of imidazole rings is 4. The summed E-state index contributed by atoms with van der Waals surface area (Å²) in [5.74, 6) is 2.65. The van der Waals surface area contributed by atoms with Crippen LogP contribution in [0.4, 0.5) is 0 Å². The SMILES string of the molecule is c1ccc([Si](c2ccccc2)(c2ccccc2)c2cc(-c3cc(-n4c5ccccc5n5c6ccccc6nc45)nc(-n4c5ccccc5n5c6ccccc6nc45)n3)cc([Si](c3ccccc3)(c3ccccc3)c3ccccc3)c2)cc1. The summed E-state index contributed by atoms with van der Waals surface area (Å²) >= 11 is 0. The Morgan fingerprint density at radius 1 is 0.244 bits per heavy atom. The molecule has 0 aliphatic heterocycles. The third kappa shape index (κ3) is 7.15. The minimum absolute atomic E-state index is 0.489. The van der Waals surface area contributed by atoms with Crippen LogP contribution in [-0.2, 0) is 0 Å². The molecule has 0 aliphatic carbocycles. The van der Waals surface area contributed by atoms with Gasteiger partial charge in [-0.1, -0.05) is 249 Å². The fourth-order valence-electron chi connectivity index (χ4n) is 13.2. The maximum absolute atomic E-state index is 5.90. The summed E-state index contributed by atoms with van der Waals surface area (Å²) in [5.41, 5.74) is 9.50. The molecule has 8 nitrogen and oxygen atoms in total. The Morgan fingerprint density at radius 3 is 0.951 bits per heavy atom. The average molecular weight is 1080 g/mol. The third-order valence-electron chi connectivity index (χ3n) is 16.7. The monoisotopic (exact) mass is 1080 g/mol. The topological polar surface area (TPSA) is 70.2 Å². The Morgan fingerprint density at radius 2 is 0.561 bits per heavy atom. The van der Waals surface area contributed by atoms with Crippen molar-refractivity contribution in [1.29, 1.82) is 0 Å². The number of benzene rings is 11. The van der Waals surface area contributed by atoms with Crippen LogP contribution in [0.3, 0.4) is 0 Å². The van der Waals surface area contributed by atoms with Gasteiger partial charge in [-0.2, -0.15) is 4.98 Å². The molecule has 0 saturated carbocycles. The zero-order valence-electron chi connectivity index (χ0n) is 44.4. The number of fused-ring (bicyclic) bond motifs is 10. The van der Waals surface area contributed by atoms with E-state index in [0.717, 1.165) is 66.9 Å². The Hall–Kier alpha value is -10.5. The zero-order valence-corrected chi connectivity index (χ0v) is 46.4. The van der Waals surface area contributed by atoms with Gasteiger partial charge in [-0.15, -0.1) is 0 Å². The lowest BCUT2D eigenvalue weighted by molar-refractivity contribution is 0.930. The molecule has 0 amide bonds. The number of para-hydroxylation sites is 8. The van der Waals surface area contributed by atoms with Gasteiger partial charge in [0.05, 0.1) is 49.8 Å². The molecule has 5 aromatic heterocycles. The molecule has 16 rings (SSSR count). The fraction of sp³-hybridized carbons (Fsp3) is 0. The maximum atomic E-state index is 5.90. The second-order valence-electron chi connectivity index (χ2n) is 21.0. The summed E-state index contributed by atoms with van der Waals surface area (Å²) in [6.45, 7) is 0. The highest BCUT2D eigenvalue weighted by atomic mass is 28.3. The van der Waals surface area contributed by atoms with E-state index in [1.54, 1.807) is 0 Å². The highest BCUT2D eigenvalue weighted by molar-refractivity contribution is 7.22. The quantitative estimate of drug-likeness (QED) is 0.0956. The van der Waals surface area contributed by atoms with Gasteiger partial charge in [0.2, 0.25) is 17.5 Å². The Kier molecular flexibility index (Phi) is 11.1. The maximum Gasteiger partial charge on any atom is 0.239 e. The lowest BCUT2D eigenvalue weighted by atomic mass is 10.1. The van der Waals surface area contributed by atoms with E-state index < -0.39 is 16.1 Å². The van der Waals surface area contributed by atoms with Crippen molar-refractivity contribution in [3.05, 3.63) is 303 Å². The molecule has 10 heteroatoms. The van der Waals surface area contributed by atoms with Crippen molar-refractivity contribution in [3.63, 3.8) is 0 Å². The number of hydrogen-bond acceptors (Lipinski definition) is 4. The van der Waals surface area contributed by atoms with Crippen LogP contribution in [0, 0.1) is 0 Å². The van der Waals surface area contributed by atoms with Crippen LogP contribution in [0.1, 0.15) is 0 Å². The van der Waals surface area contributed by atoms with Gasteiger partial charge >= 0.3 is 0 Å². The fourth-order valence-corrected chi connectivity index (χ4v) is 23.0. The number of nitrogens with zero attached hydrogens (tertiary/aromatic N) is 8. The molecule has 0 atom stereocenters. The zero-order chi connectivity index (χ0) is 54.2. The Bertz CT molecular complexity index is 4540. The number of hydrogen-bond donors (Lipinski definition) is 0. The first-order chi connectivity index (χ1) is 40.7. The number of aromatic nitrogens is 8. The van der Waals surface area contributed by atoms with Crippen LogP contribution in [0.25, 0.3) is 78.7 Å². The second-order valence-corrected chi connectivity index (χ2v) is 28.6. The predicted molar refractivity (Wildman–Crippen MR) is 341 cm³/mol. The molecule has 5 heterocycles. The first-order valence-corrected chi connectivity index (χ1v) is 31.8. The van der Waals surface area contributed by atoms with Gasteiger partial charge in [0.1, 0.15) is 5.82 Å². The van der Waals surface area contributed by atoms with E-state index in [0.29, 0.717) is 11.8 Å². The molecule has 0 N–H and O–H groups in total. The summed E-state index contributed by atoms with van der Waals surface area (Å²) in [5, 5.41) is 10.2. The minimum Gasteiger partial charge on any atom is -0.276 e. The van der Waals surface area contributed by atoms with Crippen LogP contribution in [0.15, 0.2) is 303 Å². The van der Waals surface area contributed by atoms with Gasteiger partial charge in [0.25, 0.3) is 0 Å². The summed E-state index contributed by atoms with van der Waals surface area (Å²) in [7, 11) is -6.50.